The number of hydrogen-bond acceptors (Lipinski definition) is 3. The summed E-state index contributed by atoms with van der Waals surface area (Å²) in [5.41, 5.74) is 4.51. The van der Waals surface area contributed by atoms with Crippen LogP contribution in [-0.4, -0.2) is 48.5 Å². The first-order valence-electron chi connectivity index (χ1n) is 14.1. The average Bonchev–Trinajstić information content (AvgIpc) is 3.18. The van der Waals surface area contributed by atoms with Gasteiger partial charge in [0, 0.05) is 49.7 Å². The lowest BCUT2D eigenvalue weighted by Crippen LogP contribution is -2.27. The molecule has 38 heavy (non-hydrogen) atoms. The monoisotopic (exact) mass is 519 g/mol. The van der Waals surface area contributed by atoms with Crippen LogP contribution >= 0.6 is 0 Å². The maximum Gasteiger partial charge on any atom is 0.224 e. The fraction of sp³-hybridized carbons (Fsp3) is 0.500. The fourth-order valence-corrected chi connectivity index (χ4v) is 4.94. The number of amides is 2. The predicted octanol–water partition coefficient (Wildman–Crippen LogP) is 6.26. The number of fused-ring (bicyclic) bond motifs is 1. The van der Waals surface area contributed by atoms with Crippen molar-refractivity contribution in [3.05, 3.63) is 65.4 Å². The van der Waals surface area contributed by atoms with E-state index in [-0.39, 0.29) is 11.8 Å². The molecule has 206 valence electrons. The van der Waals surface area contributed by atoms with Crippen molar-refractivity contribution in [2.75, 3.05) is 27.2 Å². The van der Waals surface area contributed by atoms with Gasteiger partial charge in [0.25, 0.3) is 0 Å². The van der Waals surface area contributed by atoms with Gasteiger partial charge in [0.15, 0.2) is 0 Å². The Morgan fingerprint density at radius 3 is 2.45 bits per heavy atom. The van der Waals surface area contributed by atoms with Gasteiger partial charge in [0.05, 0.1) is 13.5 Å². The largest absolute Gasteiger partial charge is 0.497 e. The Morgan fingerprint density at radius 2 is 1.71 bits per heavy atom. The third kappa shape index (κ3) is 8.37. The highest BCUT2D eigenvalue weighted by Gasteiger charge is 2.18. The van der Waals surface area contributed by atoms with Crippen molar-refractivity contribution in [3.8, 4) is 5.75 Å². The van der Waals surface area contributed by atoms with Crippen LogP contribution in [0, 0.1) is 6.92 Å². The molecule has 0 atom stereocenters. The summed E-state index contributed by atoms with van der Waals surface area (Å²) in [4.78, 5) is 26.9. The maximum absolute atomic E-state index is 12.9. The Morgan fingerprint density at radius 1 is 0.974 bits per heavy atom. The second-order valence-corrected chi connectivity index (χ2v) is 10.2. The fourth-order valence-electron chi connectivity index (χ4n) is 4.94. The number of nitrogens with zero attached hydrogens (tertiary/aromatic N) is 2. The number of ether oxygens (including phenoxy) is 1. The van der Waals surface area contributed by atoms with E-state index in [0.717, 1.165) is 85.9 Å². The number of rotatable bonds is 16. The van der Waals surface area contributed by atoms with E-state index in [9.17, 15) is 9.59 Å². The van der Waals surface area contributed by atoms with Crippen LogP contribution in [-0.2, 0) is 22.6 Å². The van der Waals surface area contributed by atoms with Gasteiger partial charge < -0.3 is 19.5 Å². The molecule has 0 spiro atoms. The first-order chi connectivity index (χ1) is 18.4. The molecule has 3 rings (SSSR count). The second kappa shape index (κ2) is 15.2. The number of methoxy groups -OCH3 is 1. The third-order valence-electron chi connectivity index (χ3n) is 7.34. The Labute approximate surface area is 228 Å². The molecular weight excluding hydrogens is 474 g/mol. The molecule has 0 fully saturated rings. The number of hydrogen-bond donors (Lipinski definition) is 1. The Bertz CT molecular complexity index is 1170. The van der Waals surface area contributed by atoms with Crippen LogP contribution in [0.25, 0.3) is 10.9 Å². The quantitative estimate of drug-likeness (QED) is 0.227. The normalized spacial score (nSPS) is 11.1. The van der Waals surface area contributed by atoms with E-state index < -0.39 is 0 Å². The summed E-state index contributed by atoms with van der Waals surface area (Å²) in [6.07, 6.45) is 8.28. The molecule has 2 amide bonds. The van der Waals surface area contributed by atoms with E-state index in [1.54, 1.807) is 7.11 Å². The molecular formula is C32H45N3O3. The highest BCUT2D eigenvalue weighted by molar-refractivity contribution is 5.91. The van der Waals surface area contributed by atoms with Gasteiger partial charge in [-0.1, -0.05) is 62.9 Å². The van der Waals surface area contributed by atoms with Crippen LogP contribution in [0.3, 0.4) is 0 Å². The van der Waals surface area contributed by atoms with Gasteiger partial charge in [-0.2, -0.15) is 0 Å². The number of carbonyl (C=O) groups excluding carboxylic acids is 2. The molecule has 0 unspecified atom stereocenters. The summed E-state index contributed by atoms with van der Waals surface area (Å²) in [7, 11) is 3.57. The maximum atomic E-state index is 12.9. The molecule has 6 heteroatoms. The summed E-state index contributed by atoms with van der Waals surface area (Å²) in [6.45, 7) is 6.55. The van der Waals surface area contributed by atoms with Gasteiger partial charge in [-0.15, -0.1) is 0 Å². The number of aromatic nitrogens is 1. The molecule has 0 radical (unpaired) electrons. The number of benzene rings is 2. The van der Waals surface area contributed by atoms with Crippen LogP contribution in [0.5, 0.6) is 5.75 Å². The van der Waals surface area contributed by atoms with Gasteiger partial charge >= 0.3 is 0 Å². The molecule has 1 heterocycles. The number of carbonyl (C=O) groups is 2. The van der Waals surface area contributed by atoms with Crippen molar-refractivity contribution in [1.82, 2.24) is 14.8 Å². The average molecular weight is 520 g/mol. The minimum atomic E-state index is 0.0513. The lowest BCUT2D eigenvalue weighted by Gasteiger charge is -2.16. The van der Waals surface area contributed by atoms with E-state index in [4.69, 9.17) is 4.74 Å². The van der Waals surface area contributed by atoms with Crippen molar-refractivity contribution in [2.45, 2.75) is 78.2 Å². The van der Waals surface area contributed by atoms with Crippen molar-refractivity contribution in [1.29, 1.82) is 0 Å². The number of nitrogens with one attached hydrogen (secondary N) is 1. The molecule has 1 aromatic heterocycles. The Balaban J connectivity index is 1.47. The molecule has 1 N–H and O–H groups in total. The Hall–Kier alpha value is -3.28. The smallest absolute Gasteiger partial charge is 0.224 e. The third-order valence-corrected chi connectivity index (χ3v) is 7.34. The molecule has 2 aromatic carbocycles. The summed E-state index contributed by atoms with van der Waals surface area (Å²) < 4.78 is 7.77. The molecule has 0 saturated heterocycles. The van der Waals surface area contributed by atoms with E-state index in [2.05, 4.69) is 54.1 Å². The van der Waals surface area contributed by atoms with Crippen molar-refractivity contribution in [3.63, 3.8) is 0 Å². The zero-order chi connectivity index (χ0) is 27.3. The predicted molar refractivity (Wildman–Crippen MR) is 156 cm³/mol. The highest BCUT2D eigenvalue weighted by Crippen LogP contribution is 2.30. The lowest BCUT2D eigenvalue weighted by atomic mass is 10.1. The van der Waals surface area contributed by atoms with Gasteiger partial charge in [0.2, 0.25) is 11.8 Å². The van der Waals surface area contributed by atoms with Crippen molar-refractivity contribution in [2.24, 2.45) is 0 Å². The molecule has 0 bridgehead atoms. The second-order valence-electron chi connectivity index (χ2n) is 10.2. The highest BCUT2D eigenvalue weighted by atomic mass is 16.5. The standard InChI is InChI=1S/C32H45N3O3/c1-5-6-21-34(3)32(37)17-13-8-7-9-14-20-33-31(36)23-28-25(2)35(24-26-15-11-10-12-16-26)30-19-18-27(38-4)22-29(28)30/h10-12,15-16,18-19,22H,5-9,13-14,17,20-21,23-24H2,1-4H3,(H,33,36). The first kappa shape index (κ1) is 29.3. The van der Waals surface area contributed by atoms with Crippen LogP contribution in [0.4, 0.5) is 0 Å². The summed E-state index contributed by atoms with van der Waals surface area (Å²) in [5, 5.41) is 4.19. The minimum Gasteiger partial charge on any atom is -0.497 e. The Kier molecular flexibility index (Phi) is 11.7. The van der Waals surface area contributed by atoms with Crippen LogP contribution in [0.1, 0.15) is 75.1 Å². The van der Waals surface area contributed by atoms with E-state index in [1.165, 1.54) is 5.56 Å². The van der Waals surface area contributed by atoms with E-state index >= 15 is 0 Å². The molecule has 0 aliphatic rings. The van der Waals surface area contributed by atoms with Gasteiger partial charge in [-0.3, -0.25) is 9.59 Å². The number of unbranched alkanes of at least 4 members (excludes halogenated alkanes) is 5. The van der Waals surface area contributed by atoms with E-state index in [0.29, 0.717) is 19.4 Å². The van der Waals surface area contributed by atoms with Crippen molar-refractivity contribution < 1.29 is 14.3 Å². The SMILES string of the molecule is CCCCN(C)C(=O)CCCCCCCNC(=O)Cc1c(C)n(Cc2ccccc2)c2ccc(OC)cc12. The zero-order valence-corrected chi connectivity index (χ0v) is 23.7. The summed E-state index contributed by atoms with van der Waals surface area (Å²) in [5.74, 6) is 1.10. The summed E-state index contributed by atoms with van der Waals surface area (Å²) in [6, 6.07) is 16.5. The van der Waals surface area contributed by atoms with Crippen LogP contribution < -0.4 is 10.1 Å². The first-order valence-corrected chi connectivity index (χ1v) is 14.1. The van der Waals surface area contributed by atoms with E-state index in [1.807, 2.05) is 30.1 Å². The molecule has 0 aliphatic carbocycles. The van der Waals surface area contributed by atoms with Gasteiger partial charge in [0.1, 0.15) is 5.75 Å². The van der Waals surface area contributed by atoms with Gasteiger partial charge in [-0.25, -0.2) is 0 Å². The van der Waals surface area contributed by atoms with Gasteiger partial charge in [-0.05, 0) is 55.5 Å². The minimum absolute atomic E-state index is 0.0513. The topological polar surface area (TPSA) is 63.6 Å². The molecule has 0 aliphatic heterocycles. The summed E-state index contributed by atoms with van der Waals surface area (Å²) >= 11 is 0. The van der Waals surface area contributed by atoms with Crippen molar-refractivity contribution >= 4 is 22.7 Å². The van der Waals surface area contributed by atoms with Crippen LogP contribution in [0.15, 0.2) is 48.5 Å². The molecule has 6 nitrogen and oxygen atoms in total. The molecule has 3 aromatic rings. The lowest BCUT2D eigenvalue weighted by molar-refractivity contribution is -0.130. The van der Waals surface area contributed by atoms with Crippen LogP contribution in [0.2, 0.25) is 0 Å². The zero-order valence-electron chi connectivity index (χ0n) is 23.7. The molecule has 0 saturated carbocycles.